The molecule has 2 heterocycles. The van der Waals surface area contributed by atoms with E-state index < -0.39 is 5.60 Å². The average Bonchev–Trinajstić information content (AvgIpc) is 2.73. The smallest absolute Gasteiger partial charge is 0.0712 e. The van der Waals surface area contributed by atoms with Crippen LogP contribution in [-0.2, 0) is 6.42 Å². The molecule has 0 atom stereocenters. The molecular formula is C14H18N2O. The van der Waals surface area contributed by atoms with Crippen molar-refractivity contribution >= 4 is 10.9 Å². The number of hydrogen-bond donors (Lipinski definition) is 3. The second-order valence-electron chi connectivity index (χ2n) is 5.01. The van der Waals surface area contributed by atoms with Gasteiger partial charge in [0.25, 0.3) is 0 Å². The maximum atomic E-state index is 10.5. The normalized spacial score (nSPS) is 19.6. The largest absolute Gasteiger partial charge is 0.389 e. The molecule has 1 fully saturated rings. The summed E-state index contributed by atoms with van der Waals surface area (Å²) in [5.74, 6) is 0. The molecule has 0 bridgehead atoms. The van der Waals surface area contributed by atoms with E-state index in [1.165, 1.54) is 10.9 Å². The van der Waals surface area contributed by atoms with Crippen LogP contribution in [0.15, 0.2) is 30.5 Å². The molecule has 90 valence electrons. The van der Waals surface area contributed by atoms with Gasteiger partial charge in [-0.1, -0.05) is 18.2 Å². The zero-order valence-corrected chi connectivity index (χ0v) is 9.87. The molecule has 2 aromatic rings. The van der Waals surface area contributed by atoms with Crippen molar-refractivity contribution in [2.75, 3.05) is 13.1 Å². The Labute approximate surface area is 101 Å². The summed E-state index contributed by atoms with van der Waals surface area (Å²) in [6.07, 6.45) is 4.46. The molecule has 1 saturated heterocycles. The molecule has 0 aliphatic carbocycles. The first kappa shape index (κ1) is 10.8. The topological polar surface area (TPSA) is 48.0 Å². The quantitative estimate of drug-likeness (QED) is 0.737. The minimum absolute atomic E-state index is 0.532. The van der Waals surface area contributed by atoms with E-state index in [2.05, 4.69) is 22.4 Å². The van der Waals surface area contributed by atoms with Crippen molar-refractivity contribution in [3.05, 3.63) is 36.0 Å². The summed E-state index contributed by atoms with van der Waals surface area (Å²) in [5, 5.41) is 15.1. The number of fused-ring (bicyclic) bond motifs is 1. The molecule has 3 nitrogen and oxygen atoms in total. The number of hydrogen-bond acceptors (Lipinski definition) is 2. The second kappa shape index (κ2) is 4.17. The fourth-order valence-electron chi connectivity index (χ4n) is 2.70. The van der Waals surface area contributed by atoms with Crippen molar-refractivity contribution in [1.82, 2.24) is 10.3 Å². The fraction of sp³-hybridized carbons (Fsp3) is 0.429. The summed E-state index contributed by atoms with van der Waals surface area (Å²) in [5.41, 5.74) is 1.85. The fourth-order valence-corrected chi connectivity index (χ4v) is 2.70. The van der Waals surface area contributed by atoms with E-state index in [-0.39, 0.29) is 0 Å². The lowest BCUT2D eigenvalue weighted by Crippen LogP contribution is -2.43. The Balaban J connectivity index is 1.89. The molecule has 1 aromatic carbocycles. The van der Waals surface area contributed by atoms with E-state index >= 15 is 0 Å². The van der Waals surface area contributed by atoms with Gasteiger partial charge >= 0.3 is 0 Å². The summed E-state index contributed by atoms with van der Waals surface area (Å²) >= 11 is 0. The third-order valence-corrected chi connectivity index (χ3v) is 3.73. The monoisotopic (exact) mass is 230 g/mol. The van der Waals surface area contributed by atoms with Gasteiger partial charge in [-0.15, -0.1) is 0 Å². The lowest BCUT2D eigenvalue weighted by Gasteiger charge is -2.32. The molecule has 0 radical (unpaired) electrons. The number of rotatable bonds is 2. The highest BCUT2D eigenvalue weighted by atomic mass is 16.3. The first-order valence-corrected chi connectivity index (χ1v) is 6.25. The van der Waals surface area contributed by atoms with Crippen molar-refractivity contribution in [3.8, 4) is 0 Å². The number of piperidine rings is 1. The van der Waals surface area contributed by atoms with Crippen molar-refractivity contribution in [2.45, 2.75) is 24.9 Å². The first-order valence-electron chi connectivity index (χ1n) is 6.25. The maximum absolute atomic E-state index is 10.5. The van der Waals surface area contributed by atoms with Crippen molar-refractivity contribution < 1.29 is 5.11 Å². The van der Waals surface area contributed by atoms with Crippen LogP contribution in [0.3, 0.4) is 0 Å². The van der Waals surface area contributed by atoms with Crippen LogP contribution in [0.2, 0.25) is 0 Å². The van der Waals surface area contributed by atoms with E-state index in [1.807, 2.05) is 18.3 Å². The summed E-state index contributed by atoms with van der Waals surface area (Å²) in [6, 6.07) is 8.27. The highest BCUT2D eigenvalue weighted by molar-refractivity contribution is 5.83. The first-order chi connectivity index (χ1) is 8.27. The molecule has 3 rings (SSSR count). The lowest BCUT2D eigenvalue weighted by atomic mass is 9.86. The zero-order chi connectivity index (χ0) is 11.7. The van der Waals surface area contributed by atoms with Gasteiger partial charge in [-0.2, -0.15) is 0 Å². The second-order valence-corrected chi connectivity index (χ2v) is 5.01. The van der Waals surface area contributed by atoms with Gasteiger partial charge in [0.05, 0.1) is 5.60 Å². The molecule has 3 heteroatoms. The van der Waals surface area contributed by atoms with Crippen LogP contribution in [0.5, 0.6) is 0 Å². The van der Waals surface area contributed by atoms with Crippen LogP contribution in [0.1, 0.15) is 18.4 Å². The van der Waals surface area contributed by atoms with Gasteiger partial charge in [-0.05, 0) is 37.6 Å². The van der Waals surface area contributed by atoms with Gasteiger partial charge in [-0.3, -0.25) is 0 Å². The van der Waals surface area contributed by atoms with Gasteiger partial charge in [-0.25, -0.2) is 0 Å². The van der Waals surface area contributed by atoms with E-state index in [0.717, 1.165) is 37.9 Å². The molecular weight excluding hydrogens is 212 g/mol. The van der Waals surface area contributed by atoms with Crippen LogP contribution in [-0.4, -0.2) is 28.8 Å². The summed E-state index contributed by atoms with van der Waals surface area (Å²) < 4.78 is 0. The molecule has 0 unspecified atom stereocenters. The Kier molecular flexibility index (Phi) is 2.65. The zero-order valence-electron chi connectivity index (χ0n) is 9.87. The minimum atomic E-state index is -0.532. The summed E-state index contributed by atoms with van der Waals surface area (Å²) in [4.78, 5) is 3.27. The van der Waals surface area contributed by atoms with Crippen molar-refractivity contribution in [3.63, 3.8) is 0 Å². The molecule has 17 heavy (non-hydrogen) atoms. The van der Waals surface area contributed by atoms with Gasteiger partial charge < -0.3 is 15.4 Å². The molecule has 0 saturated carbocycles. The van der Waals surface area contributed by atoms with Gasteiger partial charge in [0.15, 0.2) is 0 Å². The molecule has 0 spiro atoms. The highest BCUT2D eigenvalue weighted by Crippen LogP contribution is 2.27. The number of nitrogens with one attached hydrogen (secondary N) is 2. The Bertz CT molecular complexity index is 512. The third kappa shape index (κ3) is 2.08. The molecule has 1 aliphatic heterocycles. The Morgan fingerprint density at radius 2 is 1.94 bits per heavy atom. The Morgan fingerprint density at radius 1 is 1.18 bits per heavy atom. The van der Waals surface area contributed by atoms with Gasteiger partial charge in [0, 0.05) is 23.5 Å². The van der Waals surface area contributed by atoms with Crippen LogP contribution < -0.4 is 5.32 Å². The number of aromatic nitrogens is 1. The van der Waals surface area contributed by atoms with Crippen LogP contribution in [0.25, 0.3) is 10.9 Å². The SMILES string of the molecule is OC1(Cc2c[nH]c3ccccc23)CCNCC1. The molecule has 0 amide bonds. The minimum Gasteiger partial charge on any atom is -0.389 e. The molecule has 3 N–H and O–H groups in total. The van der Waals surface area contributed by atoms with Crippen molar-refractivity contribution in [1.29, 1.82) is 0 Å². The maximum Gasteiger partial charge on any atom is 0.0712 e. The molecule has 1 aromatic heterocycles. The van der Waals surface area contributed by atoms with Gasteiger partial charge in [0.1, 0.15) is 0 Å². The van der Waals surface area contributed by atoms with Crippen molar-refractivity contribution in [2.24, 2.45) is 0 Å². The van der Waals surface area contributed by atoms with Gasteiger partial charge in [0.2, 0.25) is 0 Å². The van der Waals surface area contributed by atoms with Crippen LogP contribution in [0.4, 0.5) is 0 Å². The number of aromatic amines is 1. The number of aliphatic hydroxyl groups is 1. The number of H-pyrrole nitrogens is 1. The van der Waals surface area contributed by atoms with E-state index in [0.29, 0.717) is 0 Å². The third-order valence-electron chi connectivity index (χ3n) is 3.73. The van der Waals surface area contributed by atoms with Crippen LogP contribution in [0, 0.1) is 0 Å². The number of benzene rings is 1. The Morgan fingerprint density at radius 3 is 2.76 bits per heavy atom. The average molecular weight is 230 g/mol. The number of para-hydroxylation sites is 1. The van der Waals surface area contributed by atoms with E-state index in [1.54, 1.807) is 0 Å². The highest BCUT2D eigenvalue weighted by Gasteiger charge is 2.29. The Hall–Kier alpha value is -1.32. The standard InChI is InChI=1S/C14H18N2O/c17-14(5-7-15-8-6-14)9-11-10-16-13-4-2-1-3-12(11)13/h1-4,10,15-17H,5-9H2. The molecule has 1 aliphatic rings. The predicted molar refractivity (Wildman–Crippen MR) is 69.1 cm³/mol. The summed E-state index contributed by atoms with van der Waals surface area (Å²) in [6.45, 7) is 1.83. The van der Waals surface area contributed by atoms with E-state index in [4.69, 9.17) is 0 Å². The van der Waals surface area contributed by atoms with E-state index in [9.17, 15) is 5.11 Å². The lowest BCUT2D eigenvalue weighted by molar-refractivity contribution is 0.0111. The predicted octanol–water partition coefficient (Wildman–Crippen LogP) is 1.82. The summed E-state index contributed by atoms with van der Waals surface area (Å²) in [7, 11) is 0. The van der Waals surface area contributed by atoms with Crippen LogP contribution >= 0.6 is 0 Å².